The third-order valence-electron chi connectivity index (χ3n) is 3.07. The molecule has 5 nitrogen and oxygen atoms in total. The second-order valence-corrected chi connectivity index (χ2v) is 7.56. The lowest BCUT2D eigenvalue weighted by molar-refractivity contribution is 0.444. The Hall–Kier alpha value is -0.470. The predicted molar refractivity (Wildman–Crippen MR) is 90.3 cm³/mol. The molecule has 1 aromatic carbocycles. The van der Waals surface area contributed by atoms with E-state index in [1.807, 2.05) is 24.3 Å². The van der Waals surface area contributed by atoms with Crippen LogP contribution >= 0.6 is 15.9 Å². The van der Waals surface area contributed by atoms with Crippen molar-refractivity contribution in [3.63, 3.8) is 0 Å². The van der Waals surface area contributed by atoms with Crippen molar-refractivity contribution in [3.05, 3.63) is 34.3 Å². The van der Waals surface area contributed by atoms with Crippen molar-refractivity contribution in [1.29, 1.82) is 0 Å². The van der Waals surface area contributed by atoms with E-state index < -0.39 is 10.2 Å². The van der Waals surface area contributed by atoms with E-state index in [1.165, 1.54) is 4.31 Å². The third kappa shape index (κ3) is 6.88. The average molecular weight is 378 g/mol. The lowest BCUT2D eigenvalue weighted by Crippen LogP contribution is -2.39. The molecule has 21 heavy (non-hydrogen) atoms. The van der Waals surface area contributed by atoms with Crippen LogP contribution in [0, 0.1) is 0 Å². The smallest absolute Gasteiger partial charge is 0.279 e. The van der Waals surface area contributed by atoms with Gasteiger partial charge in [0.2, 0.25) is 0 Å². The van der Waals surface area contributed by atoms with Crippen LogP contribution in [-0.4, -0.2) is 39.4 Å². The van der Waals surface area contributed by atoms with Crippen LogP contribution in [0.2, 0.25) is 0 Å². The third-order valence-corrected chi connectivity index (χ3v) is 5.35. The number of rotatable bonds is 10. The van der Waals surface area contributed by atoms with Gasteiger partial charge >= 0.3 is 0 Å². The van der Waals surface area contributed by atoms with Crippen molar-refractivity contribution in [1.82, 2.24) is 14.3 Å². The molecule has 0 bridgehead atoms. The van der Waals surface area contributed by atoms with Gasteiger partial charge in [-0.25, -0.2) is 0 Å². The van der Waals surface area contributed by atoms with E-state index in [0.29, 0.717) is 6.54 Å². The Kier molecular flexibility index (Phi) is 8.43. The van der Waals surface area contributed by atoms with E-state index in [4.69, 9.17) is 0 Å². The Bertz CT molecular complexity index is 523. The molecule has 120 valence electrons. The minimum atomic E-state index is -3.43. The Morgan fingerprint density at radius 3 is 2.62 bits per heavy atom. The van der Waals surface area contributed by atoms with Crippen LogP contribution < -0.4 is 10.0 Å². The van der Waals surface area contributed by atoms with E-state index in [2.05, 4.69) is 32.9 Å². The van der Waals surface area contributed by atoms with Gasteiger partial charge in [0.1, 0.15) is 0 Å². The summed E-state index contributed by atoms with van der Waals surface area (Å²) in [5, 5.41) is 3.26. The van der Waals surface area contributed by atoms with Crippen LogP contribution in [0.3, 0.4) is 0 Å². The van der Waals surface area contributed by atoms with Gasteiger partial charge in [0, 0.05) is 24.6 Å². The molecule has 0 spiro atoms. The van der Waals surface area contributed by atoms with E-state index >= 15 is 0 Å². The molecule has 0 unspecified atom stereocenters. The molecular formula is C14H24BrN3O2S. The summed E-state index contributed by atoms with van der Waals surface area (Å²) in [5.41, 5.74) is 0.916. The highest BCUT2D eigenvalue weighted by molar-refractivity contribution is 9.10. The molecule has 0 fully saturated rings. The first kappa shape index (κ1) is 18.6. The van der Waals surface area contributed by atoms with Crippen molar-refractivity contribution >= 4 is 26.1 Å². The summed E-state index contributed by atoms with van der Waals surface area (Å²) in [6.45, 7) is 4.69. The normalized spacial score (nSPS) is 12.0. The van der Waals surface area contributed by atoms with Crippen molar-refractivity contribution in [2.24, 2.45) is 0 Å². The minimum Gasteiger partial charge on any atom is -0.317 e. The Morgan fingerprint density at radius 2 is 1.95 bits per heavy atom. The molecule has 0 heterocycles. The zero-order valence-electron chi connectivity index (χ0n) is 12.6. The van der Waals surface area contributed by atoms with E-state index in [1.54, 1.807) is 7.05 Å². The lowest BCUT2D eigenvalue weighted by Gasteiger charge is -2.18. The van der Waals surface area contributed by atoms with Gasteiger partial charge in [-0.05, 0) is 37.6 Å². The molecule has 1 aromatic rings. The Morgan fingerprint density at radius 1 is 1.24 bits per heavy atom. The summed E-state index contributed by atoms with van der Waals surface area (Å²) >= 11 is 3.41. The number of hydrogen-bond acceptors (Lipinski definition) is 3. The molecule has 0 aliphatic rings. The molecule has 0 atom stereocenters. The van der Waals surface area contributed by atoms with Gasteiger partial charge in [0.15, 0.2) is 0 Å². The first-order valence-corrected chi connectivity index (χ1v) is 9.35. The van der Waals surface area contributed by atoms with Crippen LogP contribution in [0.25, 0.3) is 0 Å². The zero-order chi connectivity index (χ0) is 15.7. The van der Waals surface area contributed by atoms with E-state index in [-0.39, 0.29) is 6.54 Å². The quantitative estimate of drug-likeness (QED) is 0.613. The highest BCUT2D eigenvalue weighted by atomic mass is 79.9. The second kappa shape index (κ2) is 9.53. The maximum atomic E-state index is 12.1. The maximum absolute atomic E-state index is 12.1. The fraction of sp³-hybridized carbons (Fsp3) is 0.571. The van der Waals surface area contributed by atoms with Crippen LogP contribution in [-0.2, 0) is 16.8 Å². The standard InChI is InChI=1S/C14H24BrN3O2S/c1-3-9-16-10-6-11-18(2)21(19,20)17-12-13-7-4-5-8-14(13)15/h4-5,7-8,16-17H,3,6,9-12H2,1-2H3. The van der Waals surface area contributed by atoms with Crippen molar-refractivity contribution < 1.29 is 8.42 Å². The molecule has 1 rings (SSSR count). The molecule has 0 aliphatic carbocycles. The SMILES string of the molecule is CCCNCCCN(C)S(=O)(=O)NCc1ccccc1Br. The molecular weight excluding hydrogens is 354 g/mol. The molecule has 7 heteroatoms. The van der Waals surface area contributed by atoms with Gasteiger partial charge in [0.25, 0.3) is 10.2 Å². The van der Waals surface area contributed by atoms with Crippen molar-refractivity contribution in [3.8, 4) is 0 Å². The van der Waals surface area contributed by atoms with E-state index in [9.17, 15) is 8.42 Å². The molecule has 0 saturated carbocycles. The minimum absolute atomic E-state index is 0.280. The molecule has 0 aromatic heterocycles. The monoisotopic (exact) mass is 377 g/mol. The van der Waals surface area contributed by atoms with Crippen molar-refractivity contribution in [2.45, 2.75) is 26.3 Å². The van der Waals surface area contributed by atoms with Gasteiger partial charge in [-0.2, -0.15) is 17.4 Å². The Labute approximate surface area is 136 Å². The first-order valence-electron chi connectivity index (χ1n) is 7.12. The van der Waals surface area contributed by atoms with Gasteiger partial charge in [-0.3, -0.25) is 0 Å². The number of benzene rings is 1. The summed E-state index contributed by atoms with van der Waals surface area (Å²) in [4.78, 5) is 0. The second-order valence-electron chi connectivity index (χ2n) is 4.84. The summed E-state index contributed by atoms with van der Waals surface area (Å²) < 4.78 is 29.1. The van der Waals surface area contributed by atoms with Gasteiger partial charge in [-0.1, -0.05) is 41.1 Å². The average Bonchev–Trinajstić information content (AvgIpc) is 2.46. The molecule has 0 amide bonds. The fourth-order valence-corrected chi connectivity index (χ4v) is 3.12. The number of nitrogens with one attached hydrogen (secondary N) is 2. The van der Waals surface area contributed by atoms with Gasteiger partial charge < -0.3 is 5.32 Å². The highest BCUT2D eigenvalue weighted by Crippen LogP contribution is 2.15. The predicted octanol–water partition coefficient (Wildman–Crippen LogP) is 2.11. The number of nitrogens with zero attached hydrogens (tertiary/aromatic N) is 1. The molecule has 0 aliphatic heterocycles. The van der Waals surface area contributed by atoms with Crippen LogP contribution in [0.1, 0.15) is 25.3 Å². The van der Waals surface area contributed by atoms with Crippen LogP contribution in [0.4, 0.5) is 0 Å². The largest absolute Gasteiger partial charge is 0.317 e. The van der Waals surface area contributed by atoms with Crippen LogP contribution in [0.15, 0.2) is 28.7 Å². The lowest BCUT2D eigenvalue weighted by atomic mass is 10.2. The summed E-state index contributed by atoms with van der Waals surface area (Å²) in [5.74, 6) is 0. The van der Waals surface area contributed by atoms with Crippen molar-refractivity contribution in [2.75, 3.05) is 26.7 Å². The molecule has 0 radical (unpaired) electrons. The highest BCUT2D eigenvalue weighted by Gasteiger charge is 2.16. The van der Waals surface area contributed by atoms with Gasteiger partial charge in [0.05, 0.1) is 0 Å². The first-order chi connectivity index (χ1) is 9.97. The summed E-state index contributed by atoms with van der Waals surface area (Å²) in [6.07, 6.45) is 1.88. The Balaban J connectivity index is 2.40. The number of halogens is 1. The maximum Gasteiger partial charge on any atom is 0.279 e. The summed E-state index contributed by atoms with van der Waals surface area (Å²) in [6, 6.07) is 7.57. The molecule has 0 saturated heterocycles. The number of hydrogen-bond donors (Lipinski definition) is 2. The van der Waals surface area contributed by atoms with Gasteiger partial charge in [-0.15, -0.1) is 0 Å². The van der Waals surface area contributed by atoms with E-state index in [0.717, 1.165) is 36.0 Å². The van der Waals surface area contributed by atoms with Crippen LogP contribution in [0.5, 0.6) is 0 Å². The fourth-order valence-electron chi connectivity index (χ4n) is 1.77. The molecule has 2 N–H and O–H groups in total. The topological polar surface area (TPSA) is 61.4 Å². The zero-order valence-corrected chi connectivity index (χ0v) is 15.0. The summed E-state index contributed by atoms with van der Waals surface area (Å²) in [7, 11) is -1.83.